The minimum Gasteiger partial charge on any atom is -0.309 e. The summed E-state index contributed by atoms with van der Waals surface area (Å²) in [5, 5.41) is 3.56. The fourth-order valence-corrected chi connectivity index (χ4v) is 3.47. The standard InChI is InChI=1S/C14H20FNS/c1-11(12-4-6-13(15)7-5-12)16-10-14(2)8-3-9-17-14/h4-7,11,16H,3,8-10H2,1-2H3. The molecular weight excluding hydrogens is 233 g/mol. The van der Waals surface area contributed by atoms with Gasteiger partial charge in [0.05, 0.1) is 0 Å². The smallest absolute Gasteiger partial charge is 0.123 e. The van der Waals surface area contributed by atoms with Crippen molar-refractivity contribution in [1.29, 1.82) is 0 Å². The average molecular weight is 253 g/mol. The van der Waals surface area contributed by atoms with Gasteiger partial charge in [-0.15, -0.1) is 0 Å². The highest BCUT2D eigenvalue weighted by Gasteiger charge is 2.29. The minimum absolute atomic E-state index is 0.167. The van der Waals surface area contributed by atoms with Crippen molar-refractivity contribution in [2.24, 2.45) is 0 Å². The molecule has 2 atom stereocenters. The Labute approximate surface area is 107 Å². The number of halogens is 1. The monoisotopic (exact) mass is 253 g/mol. The summed E-state index contributed by atoms with van der Waals surface area (Å²) < 4.78 is 13.2. The Morgan fingerprint density at radius 3 is 2.71 bits per heavy atom. The number of thioether (sulfide) groups is 1. The maximum absolute atomic E-state index is 12.8. The van der Waals surface area contributed by atoms with Crippen molar-refractivity contribution in [3.05, 3.63) is 35.6 Å². The molecule has 1 N–H and O–H groups in total. The van der Waals surface area contributed by atoms with E-state index in [0.717, 1.165) is 12.1 Å². The molecular formula is C14H20FNS. The topological polar surface area (TPSA) is 12.0 Å². The van der Waals surface area contributed by atoms with E-state index in [0.29, 0.717) is 4.75 Å². The number of hydrogen-bond donors (Lipinski definition) is 1. The summed E-state index contributed by atoms with van der Waals surface area (Å²) in [5.41, 5.74) is 1.15. The Bertz CT molecular complexity index is 357. The molecule has 2 unspecified atom stereocenters. The van der Waals surface area contributed by atoms with Gasteiger partial charge < -0.3 is 5.32 Å². The van der Waals surface area contributed by atoms with Crippen LogP contribution in [0.1, 0.15) is 38.3 Å². The number of nitrogens with one attached hydrogen (secondary N) is 1. The molecule has 1 aliphatic rings. The predicted octanol–water partition coefficient (Wildman–Crippen LogP) is 3.76. The summed E-state index contributed by atoms with van der Waals surface area (Å²) in [6, 6.07) is 7.06. The summed E-state index contributed by atoms with van der Waals surface area (Å²) in [6.45, 7) is 5.49. The Balaban J connectivity index is 1.88. The number of benzene rings is 1. The molecule has 0 spiro atoms. The molecule has 1 saturated heterocycles. The molecule has 17 heavy (non-hydrogen) atoms. The van der Waals surface area contributed by atoms with Crippen molar-refractivity contribution in [1.82, 2.24) is 5.32 Å². The Morgan fingerprint density at radius 2 is 2.12 bits per heavy atom. The zero-order chi connectivity index (χ0) is 12.3. The second kappa shape index (κ2) is 5.40. The van der Waals surface area contributed by atoms with Gasteiger partial charge in [-0.25, -0.2) is 4.39 Å². The quantitative estimate of drug-likeness (QED) is 0.877. The van der Waals surface area contributed by atoms with Crippen molar-refractivity contribution in [3.63, 3.8) is 0 Å². The molecule has 2 rings (SSSR count). The second-order valence-corrected chi connectivity index (χ2v) is 6.74. The van der Waals surface area contributed by atoms with Gasteiger partial charge in [-0.3, -0.25) is 0 Å². The zero-order valence-corrected chi connectivity index (χ0v) is 11.3. The van der Waals surface area contributed by atoms with Gasteiger partial charge in [0.1, 0.15) is 5.82 Å². The highest BCUT2D eigenvalue weighted by atomic mass is 32.2. The molecule has 0 aliphatic carbocycles. The van der Waals surface area contributed by atoms with Gasteiger partial charge in [0.15, 0.2) is 0 Å². The Kier molecular flexibility index (Phi) is 4.10. The Morgan fingerprint density at radius 1 is 1.41 bits per heavy atom. The van der Waals surface area contributed by atoms with Crippen molar-refractivity contribution in [3.8, 4) is 0 Å². The molecule has 0 saturated carbocycles. The van der Waals surface area contributed by atoms with E-state index in [-0.39, 0.29) is 11.9 Å². The van der Waals surface area contributed by atoms with Gasteiger partial charge >= 0.3 is 0 Å². The normalized spacial score (nSPS) is 26.1. The molecule has 1 fully saturated rings. The molecule has 0 radical (unpaired) electrons. The van der Waals surface area contributed by atoms with Crippen LogP contribution in [-0.4, -0.2) is 17.0 Å². The Hall–Kier alpha value is -0.540. The molecule has 1 heterocycles. The fraction of sp³-hybridized carbons (Fsp3) is 0.571. The van der Waals surface area contributed by atoms with Crippen LogP contribution in [-0.2, 0) is 0 Å². The van der Waals surface area contributed by atoms with E-state index in [4.69, 9.17) is 0 Å². The summed E-state index contributed by atoms with van der Waals surface area (Å²) in [6.07, 6.45) is 2.62. The van der Waals surface area contributed by atoms with Gasteiger partial charge in [-0.2, -0.15) is 11.8 Å². The molecule has 94 valence electrons. The van der Waals surface area contributed by atoms with Crippen LogP contribution < -0.4 is 5.32 Å². The third kappa shape index (κ3) is 3.46. The maximum atomic E-state index is 12.8. The largest absolute Gasteiger partial charge is 0.309 e. The molecule has 0 amide bonds. The molecule has 1 aromatic carbocycles. The first-order valence-electron chi connectivity index (χ1n) is 6.22. The van der Waals surface area contributed by atoms with Gasteiger partial charge in [0.25, 0.3) is 0 Å². The van der Waals surface area contributed by atoms with Crippen LogP contribution in [0, 0.1) is 5.82 Å². The first-order chi connectivity index (χ1) is 8.09. The molecule has 0 bridgehead atoms. The summed E-state index contributed by atoms with van der Waals surface area (Å²) >= 11 is 2.06. The van der Waals surface area contributed by atoms with E-state index in [1.54, 1.807) is 0 Å². The first kappa shape index (κ1) is 12.9. The zero-order valence-electron chi connectivity index (χ0n) is 10.5. The fourth-order valence-electron chi connectivity index (χ4n) is 2.21. The van der Waals surface area contributed by atoms with Gasteiger partial charge in [0.2, 0.25) is 0 Å². The van der Waals surface area contributed by atoms with Crippen LogP contribution in [0.15, 0.2) is 24.3 Å². The van der Waals surface area contributed by atoms with Crippen LogP contribution >= 0.6 is 11.8 Å². The molecule has 1 aliphatic heterocycles. The minimum atomic E-state index is -0.167. The highest BCUT2D eigenvalue weighted by Crippen LogP contribution is 2.37. The number of hydrogen-bond acceptors (Lipinski definition) is 2. The van der Waals surface area contributed by atoms with Crippen molar-refractivity contribution < 1.29 is 4.39 Å². The van der Waals surface area contributed by atoms with E-state index in [1.165, 1.54) is 30.7 Å². The lowest BCUT2D eigenvalue weighted by Gasteiger charge is -2.25. The lowest BCUT2D eigenvalue weighted by Crippen LogP contribution is -2.34. The maximum Gasteiger partial charge on any atom is 0.123 e. The van der Waals surface area contributed by atoms with E-state index < -0.39 is 0 Å². The van der Waals surface area contributed by atoms with Gasteiger partial charge in [-0.1, -0.05) is 12.1 Å². The van der Waals surface area contributed by atoms with Crippen LogP contribution in [0.2, 0.25) is 0 Å². The SMILES string of the molecule is CC(NCC1(C)CCCS1)c1ccc(F)cc1. The van der Waals surface area contributed by atoms with Crippen LogP contribution in [0.4, 0.5) is 4.39 Å². The lowest BCUT2D eigenvalue weighted by molar-refractivity contribution is 0.490. The molecule has 1 nitrogen and oxygen atoms in total. The number of rotatable bonds is 4. The van der Waals surface area contributed by atoms with Crippen molar-refractivity contribution >= 4 is 11.8 Å². The average Bonchev–Trinajstić information content (AvgIpc) is 2.75. The highest BCUT2D eigenvalue weighted by molar-refractivity contribution is 8.00. The van der Waals surface area contributed by atoms with E-state index in [2.05, 4.69) is 30.9 Å². The van der Waals surface area contributed by atoms with E-state index in [1.807, 2.05) is 12.1 Å². The van der Waals surface area contributed by atoms with Crippen LogP contribution in [0.3, 0.4) is 0 Å². The summed E-state index contributed by atoms with van der Waals surface area (Å²) in [5.74, 6) is 1.11. The van der Waals surface area contributed by atoms with Gasteiger partial charge in [-0.05, 0) is 50.1 Å². The van der Waals surface area contributed by atoms with Gasteiger partial charge in [0, 0.05) is 17.3 Å². The van der Waals surface area contributed by atoms with Crippen LogP contribution in [0.5, 0.6) is 0 Å². The second-order valence-electron chi connectivity index (χ2n) is 5.06. The van der Waals surface area contributed by atoms with Crippen LogP contribution in [0.25, 0.3) is 0 Å². The van der Waals surface area contributed by atoms with Crippen molar-refractivity contribution in [2.45, 2.75) is 37.5 Å². The lowest BCUT2D eigenvalue weighted by atomic mass is 10.0. The third-order valence-electron chi connectivity index (χ3n) is 3.45. The third-order valence-corrected chi connectivity index (χ3v) is 4.99. The van der Waals surface area contributed by atoms with Crippen molar-refractivity contribution in [2.75, 3.05) is 12.3 Å². The molecule has 3 heteroatoms. The summed E-state index contributed by atoms with van der Waals surface area (Å²) in [4.78, 5) is 0. The molecule has 1 aromatic rings. The first-order valence-corrected chi connectivity index (χ1v) is 7.20. The summed E-state index contributed by atoms with van der Waals surface area (Å²) in [7, 11) is 0. The molecule has 0 aromatic heterocycles. The van der Waals surface area contributed by atoms with E-state index >= 15 is 0 Å². The predicted molar refractivity (Wildman–Crippen MR) is 72.9 cm³/mol. The van der Waals surface area contributed by atoms with E-state index in [9.17, 15) is 4.39 Å².